The monoisotopic (exact) mass is 433 g/mol. The molecule has 2 unspecified atom stereocenters. The molecule has 32 heavy (non-hydrogen) atoms. The number of dihydropyridines is 1. The molecule has 0 saturated heterocycles. The Morgan fingerprint density at radius 1 is 0.969 bits per heavy atom. The predicted molar refractivity (Wildman–Crippen MR) is 121 cm³/mol. The van der Waals surface area contributed by atoms with Gasteiger partial charge in [-0.3, -0.25) is 4.79 Å². The van der Waals surface area contributed by atoms with Gasteiger partial charge in [0.1, 0.15) is 11.5 Å². The maximum absolute atomic E-state index is 13.5. The van der Waals surface area contributed by atoms with Gasteiger partial charge in [-0.05, 0) is 43.0 Å². The molecule has 0 amide bonds. The number of methoxy groups -OCH3 is 3. The number of carbonyl (C=O) groups is 2. The first-order valence-electron chi connectivity index (χ1n) is 10.6. The van der Waals surface area contributed by atoms with Crippen molar-refractivity contribution in [2.45, 2.75) is 31.6 Å². The van der Waals surface area contributed by atoms with Gasteiger partial charge in [0.25, 0.3) is 0 Å². The number of benzene rings is 2. The minimum Gasteiger partial charge on any atom is -0.497 e. The minimum absolute atomic E-state index is 0.0179. The summed E-state index contributed by atoms with van der Waals surface area (Å²) in [6, 6.07) is 15.3. The van der Waals surface area contributed by atoms with E-state index in [0.29, 0.717) is 35.4 Å². The Balaban J connectivity index is 1.80. The Hall–Kier alpha value is -3.54. The topological polar surface area (TPSA) is 73.9 Å². The molecule has 1 aliphatic heterocycles. The summed E-state index contributed by atoms with van der Waals surface area (Å²) in [5, 5.41) is 3.35. The van der Waals surface area contributed by atoms with Crippen LogP contribution < -0.4 is 14.8 Å². The van der Waals surface area contributed by atoms with Crippen molar-refractivity contribution >= 4 is 11.8 Å². The third kappa shape index (κ3) is 3.77. The first kappa shape index (κ1) is 21.7. The van der Waals surface area contributed by atoms with Gasteiger partial charge in [0.2, 0.25) is 0 Å². The Morgan fingerprint density at radius 3 is 2.34 bits per heavy atom. The second-order valence-corrected chi connectivity index (χ2v) is 8.02. The Kier molecular flexibility index (Phi) is 6.04. The van der Waals surface area contributed by atoms with Crippen LogP contribution in [0.3, 0.4) is 0 Å². The second kappa shape index (κ2) is 8.91. The largest absolute Gasteiger partial charge is 0.497 e. The van der Waals surface area contributed by atoms with Crippen LogP contribution in [0.15, 0.2) is 71.1 Å². The van der Waals surface area contributed by atoms with Crippen molar-refractivity contribution in [1.82, 2.24) is 5.32 Å². The first-order chi connectivity index (χ1) is 15.5. The van der Waals surface area contributed by atoms with Gasteiger partial charge in [-0.2, -0.15) is 0 Å². The van der Waals surface area contributed by atoms with E-state index in [-0.39, 0.29) is 11.7 Å². The van der Waals surface area contributed by atoms with E-state index in [1.54, 1.807) is 14.2 Å². The summed E-state index contributed by atoms with van der Waals surface area (Å²) in [6.45, 7) is 1.85. The van der Waals surface area contributed by atoms with Crippen molar-refractivity contribution in [3.05, 3.63) is 82.2 Å². The number of Topliss-reactive ketones (excluding diaryl/α,β-unsaturated/α-hetero) is 1. The zero-order valence-corrected chi connectivity index (χ0v) is 18.7. The van der Waals surface area contributed by atoms with Gasteiger partial charge < -0.3 is 19.5 Å². The number of ether oxygens (including phenoxy) is 3. The quantitative estimate of drug-likeness (QED) is 0.711. The van der Waals surface area contributed by atoms with E-state index in [0.717, 1.165) is 22.6 Å². The third-order valence-electron chi connectivity index (χ3n) is 6.27. The lowest BCUT2D eigenvalue weighted by Gasteiger charge is -2.37. The molecule has 4 rings (SSSR count). The molecule has 6 nitrogen and oxygen atoms in total. The first-order valence-corrected chi connectivity index (χ1v) is 10.6. The number of hydrogen-bond acceptors (Lipinski definition) is 6. The molecule has 166 valence electrons. The van der Waals surface area contributed by atoms with E-state index in [1.165, 1.54) is 7.11 Å². The lowest BCUT2D eigenvalue weighted by molar-refractivity contribution is -0.136. The molecule has 2 aliphatic rings. The van der Waals surface area contributed by atoms with Gasteiger partial charge in [0.15, 0.2) is 5.78 Å². The highest BCUT2D eigenvalue weighted by Gasteiger charge is 2.42. The van der Waals surface area contributed by atoms with Crippen LogP contribution >= 0.6 is 0 Å². The molecule has 0 fully saturated rings. The van der Waals surface area contributed by atoms with Gasteiger partial charge in [0.05, 0.1) is 32.8 Å². The van der Waals surface area contributed by atoms with Crippen LogP contribution in [0.1, 0.15) is 42.7 Å². The van der Waals surface area contributed by atoms with Crippen molar-refractivity contribution in [3.63, 3.8) is 0 Å². The molecule has 0 aromatic heterocycles. The van der Waals surface area contributed by atoms with Crippen LogP contribution in [-0.4, -0.2) is 33.1 Å². The van der Waals surface area contributed by atoms with Crippen molar-refractivity contribution in [2.75, 3.05) is 21.3 Å². The van der Waals surface area contributed by atoms with Gasteiger partial charge in [-0.1, -0.05) is 30.3 Å². The van der Waals surface area contributed by atoms with Crippen molar-refractivity contribution in [3.8, 4) is 11.5 Å². The number of para-hydroxylation sites is 1. The molecule has 2 atom stereocenters. The predicted octanol–water partition coefficient (Wildman–Crippen LogP) is 4.24. The summed E-state index contributed by atoms with van der Waals surface area (Å²) in [4.78, 5) is 26.3. The Morgan fingerprint density at radius 2 is 1.69 bits per heavy atom. The zero-order valence-electron chi connectivity index (χ0n) is 18.7. The fraction of sp³-hybridized carbons (Fsp3) is 0.308. The maximum atomic E-state index is 13.5. The number of rotatable bonds is 5. The van der Waals surface area contributed by atoms with Crippen molar-refractivity contribution in [1.29, 1.82) is 0 Å². The third-order valence-corrected chi connectivity index (χ3v) is 6.27. The molecular weight excluding hydrogens is 406 g/mol. The lowest BCUT2D eigenvalue weighted by atomic mass is 9.71. The highest BCUT2D eigenvalue weighted by Crippen LogP contribution is 2.47. The zero-order chi connectivity index (χ0) is 22.8. The summed E-state index contributed by atoms with van der Waals surface area (Å²) in [6.07, 6.45) is 1.04. The summed E-state index contributed by atoms with van der Waals surface area (Å²) in [7, 11) is 4.58. The molecule has 2 aromatic carbocycles. The standard InChI is InChI=1S/C26H27NO5/c1-15-23(26(29)32-4)24(19-7-5-6-8-22(19)31-3)25-20(27-15)13-17(14-21(25)28)16-9-11-18(30-2)12-10-16/h5-12,17,24,27H,13-14H2,1-4H3. The summed E-state index contributed by atoms with van der Waals surface area (Å²) >= 11 is 0. The number of ketones is 1. The van der Waals surface area contributed by atoms with Crippen LogP contribution in [0.4, 0.5) is 0 Å². The van der Waals surface area contributed by atoms with Crippen LogP contribution in [0.25, 0.3) is 0 Å². The van der Waals surface area contributed by atoms with Gasteiger partial charge in [-0.15, -0.1) is 0 Å². The van der Waals surface area contributed by atoms with Gasteiger partial charge in [0, 0.05) is 29.0 Å². The fourth-order valence-electron chi connectivity index (χ4n) is 4.75. The number of allylic oxidation sites excluding steroid dienone is 3. The number of hydrogen-bond donors (Lipinski definition) is 1. The molecule has 1 aliphatic carbocycles. The maximum Gasteiger partial charge on any atom is 0.336 e. The van der Waals surface area contributed by atoms with Gasteiger partial charge >= 0.3 is 5.97 Å². The average molecular weight is 434 g/mol. The van der Waals surface area contributed by atoms with E-state index in [1.807, 2.05) is 55.5 Å². The molecule has 1 N–H and O–H groups in total. The summed E-state index contributed by atoms with van der Waals surface area (Å²) in [5.41, 5.74) is 4.46. The van der Waals surface area contributed by atoms with Crippen LogP contribution in [0.5, 0.6) is 11.5 Å². The lowest BCUT2D eigenvalue weighted by Crippen LogP contribution is -2.36. The molecule has 0 spiro atoms. The van der Waals surface area contributed by atoms with E-state index in [9.17, 15) is 9.59 Å². The molecular formula is C26H27NO5. The molecule has 0 saturated carbocycles. The van der Waals surface area contributed by atoms with E-state index < -0.39 is 11.9 Å². The molecule has 0 bridgehead atoms. The summed E-state index contributed by atoms with van der Waals surface area (Å²) in [5.74, 6) is 0.478. The van der Waals surface area contributed by atoms with E-state index in [4.69, 9.17) is 14.2 Å². The number of carbonyl (C=O) groups excluding carboxylic acids is 2. The van der Waals surface area contributed by atoms with E-state index in [2.05, 4.69) is 5.32 Å². The smallest absolute Gasteiger partial charge is 0.336 e. The molecule has 1 heterocycles. The van der Waals surface area contributed by atoms with Crippen LogP contribution in [-0.2, 0) is 14.3 Å². The van der Waals surface area contributed by atoms with Crippen molar-refractivity contribution < 1.29 is 23.8 Å². The second-order valence-electron chi connectivity index (χ2n) is 8.02. The highest BCUT2D eigenvalue weighted by atomic mass is 16.5. The normalized spacial score (nSPS) is 20.4. The summed E-state index contributed by atoms with van der Waals surface area (Å²) < 4.78 is 15.9. The molecule has 0 radical (unpaired) electrons. The minimum atomic E-state index is -0.542. The van der Waals surface area contributed by atoms with Crippen molar-refractivity contribution in [2.24, 2.45) is 0 Å². The molecule has 6 heteroatoms. The Labute approximate surface area is 187 Å². The van der Waals surface area contributed by atoms with Gasteiger partial charge in [-0.25, -0.2) is 4.79 Å². The average Bonchev–Trinajstić information content (AvgIpc) is 2.82. The van der Waals surface area contributed by atoms with E-state index >= 15 is 0 Å². The molecule has 2 aromatic rings. The number of esters is 1. The highest BCUT2D eigenvalue weighted by molar-refractivity contribution is 6.04. The van der Waals surface area contributed by atoms with Crippen LogP contribution in [0, 0.1) is 0 Å². The number of nitrogens with one attached hydrogen (secondary N) is 1. The Bertz CT molecular complexity index is 1110. The fourth-order valence-corrected chi connectivity index (χ4v) is 4.75. The SMILES string of the molecule is COC(=O)C1=C(C)NC2=C(C(=O)CC(c3ccc(OC)cc3)C2)C1c1ccccc1OC. The van der Waals surface area contributed by atoms with Crippen LogP contribution in [0.2, 0.25) is 0 Å².